The van der Waals surface area contributed by atoms with Crippen molar-refractivity contribution in [2.75, 3.05) is 6.54 Å². The maximum atomic E-state index is 11.8. The summed E-state index contributed by atoms with van der Waals surface area (Å²) in [5, 5.41) is 13.3. The van der Waals surface area contributed by atoms with E-state index in [4.69, 9.17) is 0 Å². The van der Waals surface area contributed by atoms with Crippen LogP contribution in [0.5, 0.6) is 0 Å². The van der Waals surface area contributed by atoms with Crippen LogP contribution in [0.2, 0.25) is 0 Å². The van der Waals surface area contributed by atoms with E-state index in [2.05, 4.69) is 39.9 Å². The molecule has 1 aliphatic heterocycles. The van der Waals surface area contributed by atoms with Crippen molar-refractivity contribution in [3.8, 4) is 0 Å². The van der Waals surface area contributed by atoms with Crippen LogP contribution >= 0.6 is 0 Å². The fourth-order valence-electron chi connectivity index (χ4n) is 4.34. The van der Waals surface area contributed by atoms with Crippen molar-refractivity contribution >= 4 is 6.09 Å². The molecule has 0 saturated carbocycles. The van der Waals surface area contributed by atoms with Gasteiger partial charge in [-0.2, -0.15) is 0 Å². The molecule has 0 aromatic heterocycles. The Morgan fingerprint density at radius 2 is 1.42 bits per heavy atom. The van der Waals surface area contributed by atoms with E-state index in [-0.39, 0.29) is 17.1 Å². The smallest absolute Gasteiger partial charge is 0.407 e. The fourth-order valence-corrected chi connectivity index (χ4v) is 4.34. The van der Waals surface area contributed by atoms with E-state index < -0.39 is 6.09 Å². The molecule has 1 fully saturated rings. The van der Waals surface area contributed by atoms with E-state index in [0.29, 0.717) is 6.54 Å². The lowest BCUT2D eigenvalue weighted by Crippen LogP contribution is -2.62. The quantitative estimate of drug-likeness (QED) is 0.522. The third-order valence-corrected chi connectivity index (χ3v) is 5.11. The van der Waals surface area contributed by atoms with Crippen LogP contribution in [0.4, 0.5) is 4.79 Å². The molecule has 2 N–H and O–H groups in total. The van der Waals surface area contributed by atoms with Crippen molar-refractivity contribution in [2.24, 2.45) is 0 Å². The van der Waals surface area contributed by atoms with Gasteiger partial charge in [0, 0.05) is 23.7 Å². The van der Waals surface area contributed by atoms with Crippen molar-refractivity contribution in [2.45, 2.75) is 116 Å². The number of unbranched alkanes of at least 4 members (excludes halogenated alkanes) is 7. The molecule has 1 heterocycles. The van der Waals surface area contributed by atoms with E-state index in [9.17, 15) is 9.90 Å². The van der Waals surface area contributed by atoms with Crippen molar-refractivity contribution in [3.05, 3.63) is 0 Å². The highest BCUT2D eigenvalue weighted by molar-refractivity contribution is 5.65. The Morgan fingerprint density at radius 3 is 1.88 bits per heavy atom. The molecule has 0 spiro atoms. The molecule has 1 rings (SSSR count). The Labute approximate surface area is 149 Å². The summed E-state index contributed by atoms with van der Waals surface area (Å²) in [6.45, 7) is 11.6. The van der Waals surface area contributed by atoms with Gasteiger partial charge < -0.3 is 15.3 Å². The largest absolute Gasteiger partial charge is 0.465 e. The molecule has 0 aromatic carbocycles. The van der Waals surface area contributed by atoms with Crippen LogP contribution in [0.15, 0.2) is 0 Å². The zero-order valence-corrected chi connectivity index (χ0v) is 16.7. The topological polar surface area (TPSA) is 52.6 Å². The predicted molar refractivity (Wildman–Crippen MR) is 102 cm³/mol. The second kappa shape index (κ2) is 9.65. The number of hydrogen-bond acceptors (Lipinski definition) is 2. The van der Waals surface area contributed by atoms with Gasteiger partial charge in [-0.15, -0.1) is 0 Å². The van der Waals surface area contributed by atoms with Gasteiger partial charge >= 0.3 is 6.09 Å². The summed E-state index contributed by atoms with van der Waals surface area (Å²) < 4.78 is 0. The first kappa shape index (κ1) is 21.3. The van der Waals surface area contributed by atoms with Crippen LogP contribution in [0, 0.1) is 0 Å². The highest BCUT2D eigenvalue weighted by Crippen LogP contribution is 2.31. The fraction of sp³-hybridized carbons (Fsp3) is 0.950. The lowest BCUT2D eigenvalue weighted by atomic mass is 9.79. The van der Waals surface area contributed by atoms with Crippen LogP contribution in [-0.4, -0.2) is 39.8 Å². The molecule has 142 valence electrons. The van der Waals surface area contributed by atoms with E-state index in [0.717, 1.165) is 25.7 Å². The SMILES string of the molecule is CCCCCCCCCCN(C(=O)O)C1CC(C)(C)NC(C)(C)C1. The first-order chi connectivity index (χ1) is 11.2. The molecule has 4 nitrogen and oxygen atoms in total. The molecule has 1 amide bonds. The van der Waals surface area contributed by atoms with Crippen LogP contribution < -0.4 is 5.32 Å². The zero-order valence-electron chi connectivity index (χ0n) is 16.7. The van der Waals surface area contributed by atoms with Gasteiger partial charge in [0.05, 0.1) is 0 Å². The third kappa shape index (κ3) is 7.87. The molecule has 0 unspecified atom stereocenters. The van der Waals surface area contributed by atoms with Crippen molar-refractivity contribution in [3.63, 3.8) is 0 Å². The molecule has 1 aliphatic rings. The minimum atomic E-state index is -0.753. The molecular formula is C20H40N2O2. The summed E-state index contributed by atoms with van der Waals surface area (Å²) in [7, 11) is 0. The maximum absolute atomic E-state index is 11.8. The number of carboxylic acid groups (broad SMARTS) is 1. The van der Waals surface area contributed by atoms with Gasteiger partial charge in [0.2, 0.25) is 0 Å². The first-order valence-electron chi connectivity index (χ1n) is 9.96. The van der Waals surface area contributed by atoms with Gasteiger partial charge in [-0.1, -0.05) is 51.9 Å². The Kier molecular flexibility index (Phi) is 8.55. The van der Waals surface area contributed by atoms with E-state index in [1.165, 1.54) is 38.5 Å². The van der Waals surface area contributed by atoms with E-state index >= 15 is 0 Å². The Morgan fingerprint density at radius 1 is 0.958 bits per heavy atom. The Bertz CT molecular complexity index is 364. The van der Waals surface area contributed by atoms with Crippen LogP contribution in [-0.2, 0) is 0 Å². The van der Waals surface area contributed by atoms with Crippen molar-refractivity contribution in [1.29, 1.82) is 0 Å². The number of amides is 1. The highest BCUT2D eigenvalue weighted by atomic mass is 16.4. The first-order valence-corrected chi connectivity index (χ1v) is 9.96. The molecule has 0 aromatic rings. The summed E-state index contributed by atoms with van der Waals surface area (Å²) in [5.74, 6) is 0. The highest BCUT2D eigenvalue weighted by Gasteiger charge is 2.41. The van der Waals surface area contributed by atoms with Crippen LogP contribution in [0.25, 0.3) is 0 Å². The molecule has 0 radical (unpaired) electrons. The molecule has 1 saturated heterocycles. The van der Waals surface area contributed by atoms with Gasteiger partial charge in [-0.05, 0) is 47.0 Å². The monoisotopic (exact) mass is 340 g/mol. The second-order valence-electron chi connectivity index (χ2n) is 8.91. The zero-order chi connectivity index (χ0) is 18.2. The molecule has 0 aliphatic carbocycles. The number of rotatable bonds is 10. The van der Waals surface area contributed by atoms with Gasteiger partial charge in [0.1, 0.15) is 0 Å². The lowest BCUT2D eigenvalue weighted by Gasteiger charge is -2.49. The summed E-state index contributed by atoms with van der Waals surface area (Å²) in [5.41, 5.74) is -0.0290. The molecular weight excluding hydrogens is 300 g/mol. The van der Waals surface area contributed by atoms with Crippen molar-refractivity contribution in [1.82, 2.24) is 10.2 Å². The number of nitrogens with one attached hydrogen (secondary N) is 1. The summed E-state index contributed by atoms with van der Waals surface area (Å²) >= 11 is 0. The van der Waals surface area contributed by atoms with Gasteiger partial charge in [0.25, 0.3) is 0 Å². The van der Waals surface area contributed by atoms with Gasteiger partial charge in [0.15, 0.2) is 0 Å². The number of piperidine rings is 1. The van der Waals surface area contributed by atoms with Gasteiger partial charge in [-0.25, -0.2) is 4.79 Å². The maximum Gasteiger partial charge on any atom is 0.407 e. The van der Waals surface area contributed by atoms with E-state index in [1.54, 1.807) is 4.90 Å². The lowest BCUT2D eigenvalue weighted by molar-refractivity contribution is 0.0618. The predicted octanol–water partition coefficient (Wildman–Crippen LogP) is 5.42. The van der Waals surface area contributed by atoms with Crippen LogP contribution in [0.1, 0.15) is 98.8 Å². The Hall–Kier alpha value is -0.770. The molecule has 24 heavy (non-hydrogen) atoms. The molecule has 0 bridgehead atoms. The van der Waals surface area contributed by atoms with Crippen LogP contribution in [0.3, 0.4) is 0 Å². The van der Waals surface area contributed by atoms with Gasteiger partial charge in [-0.3, -0.25) is 0 Å². The second-order valence-corrected chi connectivity index (χ2v) is 8.91. The van der Waals surface area contributed by atoms with Crippen molar-refractivity contribution < 1.29 is 9.90 Å². The minimum absolute atomic E-state index is 0.0145. The molecule has 0 atom stereocenters. The number of hydrogen-bond donors (Lipinski definition) is 2. The summed E-state index contributed by atoms with van der Waals surface area (Å²) in [6, 6.07) is 0.123. The molecule has 4 heteroatoms. The number of carbonyl (C=O) groups is 1. The average molecular weight is 341 g/mol. The normalized spacial score (nSPS) is 20.0. The van der Waals surface area contributed by atoms with E-state index in [1.807, 2.05) is 0 Å². The summed E-state index contributed by atoms with van der Waals surface area (Å²) in [4.78, 5) is 13.5. The standard InChI is InChI=1S/C20H40N2O2/c1-6-7-8-9-10-11-12-13-14-22(18(23)24)17-15-19(2,3)21-20(4,5)16-17/h17,21H,6-16H2,1-5H3,(H,23,24). The minimum Gasteiger partial charge on any atom is -0.465 e. The Balaban J connectivity index is 2.40. The average Bonchev–Trinajstić information content (AvgIpc) is 2.41. The number of nitrogens with zero attached hydrogens (tertiary/aromatic N) is 1. The summed E-state index contributed by atoms with van der Waals surface area (Å²) in [6.07, 6.45) is 11.0. The third-order valence-electron chi connectivity index (χ3n) is 5.11.